The molecular weight excluding hydrogens is 144 g/mol. The Balaban J connectivity index is 2.40. The van der Waals surface area contributed by atoms with Crippen molar-refractivity contribution in [3.05, 3.63) is 0 Å². The molecule has 0 aromatic heterocycles. The summed E-state index contributed by atoms with van der Waals surface area (Å²) in [7, 11) is 0. The van der Waals surface area contributed by atoms with E-state index in [4.69, 9.17) is 5.11 Å². The SMILES string of the molecule is CC1(O)CC([B-](F)(F)F)C1. The summed E-state index contributed by atoms with van der Waals surface area (Å²) < 4.78 is 35.4. The highest BCUT2D eigenvalue weighted by atomic mass is 19.4. The molecule has 0 amide bonds. The number of hydrogen-bond donors (Lipinski definition) is 1. The van der Waals surface area contributed by atoms with E-state index in [1.54, 1.807) is 0 Å². The van der Waals surface area contributed by atoms with E-state index in [0.717, 1.165) is 0 Å². The van der Waals surface area contributed by atoms with Gasteiger partial charge in [0.25, 0.3) is 0 Å². The van der Waals surface area contributed by atoms with E-state index in [1.165, 1.54) is 6.92 Å². The van der Waals surface area contributed by atoms with E-state index in [1.807, 2.05) is 0 Å². The monoisotopic (exact) mass is 153 g/mol. The van der Waals surface area contributed by atoms with Gasteiger partial charge in [-0.1, -0.05) is 5.82 Å². The first-order valence-corrected chi connectivity index (χ1v) is 3.24. The molecule has 0 bridgehead atoms. The molecule has 1 nitrogen and oxygen atoms in total. The highest BCUT2D eigenvalue weighted by Crippen LogP contribution is 2.49. The van der Waals surface area contributed by atoms with Crippen LogP contribution in [0.3, 0.4) is 0 Å². The summed E-state index contributed by atoms with van der Waals surface area (Å²) in [6, 6.07) is 0. The van der Waals surface area contributed by atoms with Gasteiger partial charge in [0.15, 0.2) is 0 Å². The fourth-order valence-corrected chi connectivity index (χ4v) is 1.34. The Labute approximate surface area is 57.3 Å². The predicted molar refractivity (Wildman–Crippen MR) is 32.7 cm³/mol. The van der Waals surface area contributed by atoms with Gasteiger partial charge in [-0.25, -0.2) is 0 Å². The van der Waals surface area contributed by atoms with E-state index in [0.29, 0.717) is 0 Å². The molecule has 0 saturated heterocycles. The third-order valence-corrected chi connectivity index (χ3v) is 1.94. The van der Waals surface area contributed by atoms with Gasteiger partial charge in [-0.2, -0.15) is 0 Å². The lowest BCUT2D eigenvalue weighted by molar-refractivity contribution is -0.0233. The van der Waals surface area contributed by atoms with E-state index in [9.17, 15) is 12.9 Å². The van der Waals surface area contributed by atoms with Gasteiger partial charge in [-0.3, -0.25) is 0 Å². The third kappa shape index (κ3) is 1.45. The predicted octanol–water partition coefficient (Wildman–Crippen LogP) is 1.75. The molecule has 60 valence electrons. The van der Waals surface area contributed by atoms with Crippen LogP contribution < -0.4 is 0 Å². The minimum atomic E-state index is -4.70. The molecule has 10 heavy (non-hydrogen) atoms. The number of hydrogen-bond acceptors (Lipinski definition) is 1. The molecule has 0 spiro atoms. The second-order valence-electron chi connectivity index (χ2n) is 3.29. The molecular formula is C5H9BF3O-. The maximum atomic E-state index is 11.8. The number of rotatable bonds is 1. The molecule has 1 N–H and O–H groups in total. The van der Waals surface area contributed by atoms with Crippen molar-refractivity contribution in [3.8, 4) is 0 Å². The fourth-order valence-electron chi connectivity index (χ4n) is 1.34. The molecule has 0 aromatic rings. The van der Waals surface area contributed by atoms with Gasteiger partial charge >= 0.3 is 6.98 Å². The molecule has 1 fully saturated rings. The molecule has 1 aliphatic carbocycles. The van der Waals surface area contributed by atoms with Crippen LogP contribution in [0.5, 0.6) is 0 Å². The van der Waals surface area contributed by atoms with Crippen LogP contribution in [0.15, 0.2) is 0 Å². The fraction of sp³-hybridized carbons (Fsp3) is 1.00. The van der Waals surface area contributed by atoms with Crippen molar-refractivity contribution in [2.45, 2.75) is 31.2 Å². The number of halogens is 3. The molecule has 1 aliphatic rings. The van der Waals surface area contributed by atoms with E-state index >= 15 is 0 Å². The molecule has 0 radical (unpaired) electrons. The van der Waals surface area contributed by atoms with Gasteiger partial charge in [-0.15, -0.1) is 0 Å². The Kier molecular flexibility index (Phi) is 1.51. The summed E-state index contributed by atoms with van der Waals surface area (Å²) in [5.74, 6) is -1.21. The quantitative estimate of drug-likeness (QED) is 0.568. The Morgan fingerprint density at radius 3 is 1.90 bits per heavy atom. The second-order valence-corrected chi connectivity index (χ2v) is 3.29. The van der Waals surface area contributed by atoms with Gasteiger partial charge < -0.3 is 18.1 Å². The molecule has 0 unspecified atom stereocenters. The Morgan fingerprint density at radius 1 is 1.40 bits per heavy atom. The molecule has 5 heteroatoms. The van der Waals surface area contributed by atoms with Crippen molar-refractivity contribution in [2.75, 3.05) is 0 Å². The van der Waals surface area contributed by atoms with Crippen molar-refractivity contribution in [1.29, 1.82) is 0 Å². The third-order valence-electron chi connectivity index (χ3n) is 1.94. The maximum absolute atomic E-state index is 11.8. The Bertz CT molecular complexity index is 134. The van der Waals surface area contributed by atoms with Gasteiger partial charge in [-0.05, 0) is 19.8 Å². The van der Waals surface area contributed by atoms with Crippen LogP contribution in [-0.4, -0.2) is 17.7 Å². The van der Waals surface area contributed by atoms with Crippen LogP contribution in [0.4, 0.5) is 12.9 Å². The van der Waals surface area contributed by atoms with E-state index < -0.39 is 18.4 Å². The van der Waals surface area contributed by atoms with Crippen molar-refractivity contribution >= 4 is 6.98 Å². The second kappa shape index (κ2) is 1.90. The highest BCUT2D eigenvalue weighted by molar-refractivity contribution is 6.60. The van der Waals surface area contributed by atoms with Crippen LogP contribution in [0.25, 0.3) is 0 Å². The van der Waals surface area contributed by atoms with Gasteiger partial charge in [0.1, 0.15) is 0 Å². The van der Waals surface area contributed by atoms with Gasteiger partial charge in [0.05, 0.1) is 5.60 Å². The smallest absolute Gasteiger partial charge is 0.449 e. The van der Waals surface area contributed by atoms with E-state index in [2.05, 4.69) is 0 Å². The van der Waals surface area contributed by atoms with Gasteiger partial charge in [0, 0.05) is 0 Å². The van der Waals surface area contributed by atoms with E-state index in [-0.39, 0.29) is 12.8 Å². The van der Waals surface area contributed by atoms with Crippen LogP contribution in [0.1, 0.15) is 19.8 Å². The largest absolute Gasteiger partial charge is 0.481 e. The van der Waals surface area contributed by atoms with Crippen LogP contribution >= 0.6 is 0 Å². The summed E-state index contributed by atoms with van der Waals surface area (Å²) in [6.07, 6.45) is -0.229. The standard InChI is InChI=1S/C5H9BF3O/c1-5(10)2-4(3-5)6(7,8)9/h4,10H,2-3H2,1H3/q-1. The minimum absolute atomic E-state index is 0.115. The topological polar surface area (TPSA) is 20.2 Å². The zero-order valence-corrected chi connectivity index (χ0v) is 5.65. The molecule has 1 rings (SSSR count). The summed E-state index contributed by atoms with van der Waals surface area (Å²) in [6.45, 7) is -3.26. The first kappa shape index (κ1) is 7.92. The summed E-state index contributed by atoms with van der Waals surface area (Å²) >= 11 is 0. The van der Waals surface area contributed by atoms with Gasteiger partial charge in [0.2, 0.25) is 0 Å². The first-order chi connectivity index (χ1) is 4.31. The maximum Gasteiger partial charge on any atom is 0.481 e. The minimum Gasteiger partial charge on any atom is -0.449 e. The normalized spacial score (nSPS) is 41.1. The van der Waals surface area contributed by atoms with Crippen molar-refractivity contribution < 1.29 is 18.1 Å². The summed E-state index contributed by atoms with van der Waals surface area (Å²) in [5.41, 5.74) is -1.05. The zero-order chi connectivity index (χ0) is 7.99. The lowest BCUT2D eigenvalue weighted by Gasteiger charge is -2.46. The molecule has 1 saturated carbocycles. The Hall–Kier alpha value is -0.185. The Morgan fingerprint density at radius 2 is 1.80 bits per heavy atom. The lowest BCUT2D eigenvalue weighted by atomic mass is 9.55. The summed E-state index contributed by atoms with van der Waals surface area (Å²) in [4.78, 5) is 0. The highest BCUT2D eigenvalue weighted by Gasteiger charge is 2.48. The molecule has 0 aromatic carbocycles. The molecule has 0 heterocycles. The molecule has 0 aliphatic heterocycles. The first-order valence-electron chi connectivity index (χ1n) is 3.24. The molecule has 0 atom stereocenters. The average molecular weight is 153 g/mol. The average Bonchev–Trinajstić information content (AvgIpc) is 1.56. The summed E-state index contributed by atoms with van der Waals surface area (Å²) in [5, 5.41) is 8.96. The van der Waals surface area contributed by atoms with Crippen molar-refractivity contribution in [2.24, 2.45) is 0 Å². The zero-order valence-electron chi connectivity index (χ0n) is 5.65. The number of aliphatic hydroxyl groups is 1. The van der Waals surface area contributed by atoms with Crippen molar-refractivity contribution in [3.63, 3.8) is 0 Å². The lowest BCUT2D eigenvalue weighted by Crippen LogP contribution is -2.45. The van der Waals surface area contributed by atoms with Crippen LogP contribution in [-0.2, 0) is 0 Å². The van der Waals surface area contributed by atoms with Crippen LogP contribution in [0.2, 0.25) is 5.82 Å². The van der Waals surface area contributed by atoms with Crippen molar-refractivity contribution in [1.82, 2.24) is 0 Å². The van der Waals surface area contributed by atoms with Crippen LogP contribution in [0, 0.1) is 0 Å².